The zero-order valence-corrected chi connectivity index (χ0v) is 25.3. The van der Waals surface area contributed by atoms with E-state index < -0.39 is 0 Å². The molecule has 0 aromatic heterocycles. The summed E-state index contributed by atoms with van der Waals surface area (Å²) in [4.78, 5) is 0. The molecule has 9 aromatic carbocycles. The molecule has 0 aliphatic rings. The van der Waals surface area contributed by atoms with Gasteiger partial charge in [-0.15, -0.1) is 0 Å². The highest BCUT2D eigenvalue weighted by molar-refractivity contribution is 6.22. The molecule has 0 spiro atoms. The van der Waals surface area contributed by atoms with E-state index in [1.807, 2.05) is 0 Å². The second-order valence-corrected chi connectivity index (χ2v) is 12.1. The Morgan fingerprint density at radius 2 is 0.674 bits per heavy atom. The van der Waals surface area contributed by atoms with E-state index in [2.05, 4.69) is 182 Å². The van der Waals surface area contributed by atoms with Crippen LogP contribution in [0.1, 0.15) is 0 Å². The van der Waals surface area contributed by atoms with Crippen molar-refractivity contribution in [2.24, 2.45) is 0 Å². The minimum atomic E-state index is 1.22. The maximum atomic E-state index is 2.42. The van der Waals surface area contributed by atoms with E-state index in [9.17, 15) is 0 Å². The van der Waals surface area contributed by atoms with Crippen LogP contribution in [-0.2, 0) is 0 Å². The van der Waals surface area contributed by atoms with Crippen molar-refractivity contribution in [3.63, 3.8) is 0 Å². The maximum absolute atomic E-state index is 2.42. The van der Waals surface area contributed by atoms with Crippen LogP contribution in [0.3, 0.4) is 0 Å². The van der Waals surface area contributed by atoms with Crippen molar-refractivity contribution in [1.82, 2.24) is 0 Å². The summed E-state index contributed by atoms with van der Waals surface area (Å²) in [5.74, 6) is 0. The highest BCUT2D eigenvalue weighted by Gasteiger charge is 2.19. The molecule has 0 bridgehead atoms. The van der Waals surface area contributed by atoms with Crippen molar-refractivity contribution < 1.29 is 0 Å². The SMILES string of the molecule is c1ccc(-c2c(-c3cccc(-c4cccc5ccccc45)c3)c3ccccc3c3ccc(-c4cccc5ccccc45)cc23)cc1. The summed E-state index contributed by atoms with van der Waals surface area (Å²) in [5, 5.41) is 10.1. The molecule has 9 aromatic rings. The molecule has 0 nitrogen and oxygen atoms in total. The van der Waals surface area contributed by atoms with Crippen molar-refractivity contribution in [3.05, 3.63) is 182 Å². The van der Waals surface area contributed by atoms with Gasteiger partial charge in [0, 0.05) is 0 Å². The molecule has 0 heteroatoms. The molecule has 9 rings (SSSR count). The summed E-state index contributed by atoms with van der Waals surface area (Å²) in [5.41, 5.74) is 9.94. The topological polar surface area (TPSA) is 0 Å². The van der Waals surface area contributed by atoms with Gasteiger partial charge in [-0.05, 0) is 99.7 Å². The number of hydrogen-bond acceptors (Lipinski definition) is 0. The van der Waals surface area contributed by atoms with Crippen molar-refractivity contribution in [2.45, 2.75) is 0 Å². The summed E-state index contributed by atoms with van der Waals surface area (Å²) >= 11 is 0. The van der Waals surface area contributed by atoms with Gasteiger partial charge in [-0.25, -0.2) is 0 Å². The Hall–Kier alpha value is -5.98. The summed E-state index contributed by atoms with van der Waals surface area (Å²) in [6.45, 7) is 0. The number of fused-ring (bicyclic) bond motifs is 5. The van der Waals surface area contributed by atoms with E-state index in [0.29, 0.717) is 0 Å². The molecule has 214 valence electrons. The van der Waals surface area contributed by atoms with E-state index >= 15 is 0 Å². The average molecular weight is 583 g/mol. The van der Waals surface area contributed by atoms with Crippen LogP contribution in [0.2, 0.25) is 0 Å². The lowest BCUT2D eigenvalue weighted by Gasteiger charge is -2.20. The molecule has 0 fully saturated rings. The summed E-state index contributed by atoms with van der Waals surface area (Å²) in [7, 11) is 0. The first-order valence-electron chi connectivity index (χ1n) is 15.9. The molecular formula is C46H30. The first kappa shape index (κ1) is 26.4. The Labute approximate surface area is 268 Å². The second kappa shape index (κ2) is 10.9. The van der Waals surface area contributed by atoms with Gasteiger partial charge in [-0.2, -0.15) is 0 Å². The molecular weight excluding hydrogens is 553 g/mol. The molecule has 46 heavy (non-hydrogen) atoms. The molecule has 0 radical (unpaired) electrons. The Morgan fingerprint density at radius 1 is 0.217 bits per heavy atom. The van der Waals surface area contributed by atoms with Gasteiger partial charge in [0.05, 0.1) is 0 Å². The van der Waals surface area contributed by atoms with Crippen molar-refractivity contribution in [2.75, 3.05) is 0 Å². The quantitative estimate of drug-likeness (QED) is 0.181. The highest BCUT2D eigenvalue weighted by atomic mass is 14.2. The fourth-order valence-corrected chi connectivity index (χ4v) is 7.36. The third-order valence-electron chi connectivity index (χ3n) is 9.44. The van der Waals surface area contributed by atoms with Gasteiger partial charge in [0.15, 0.2) is 0 Å². The number of rotatable bonds is 4. The van der Waals surface area contributed by atoms with Crippen LogP contribution in [0.15, 0.2) is 182 Å². The zero-order chi connectivity index (χ0) is 30.5. The normalized spacial score (nSPS) is 11.5. The Morgan fingerprint density at radius 3 is 1.37 bits per heavy atom. The lowest BCUT2D eigenvalue weighted by atomic mass is 9.83. The Bertz CT molecular complexity index is 2560. The lowest BCUT2D eigenvalue weighted by Crippen LogP contribution is -1.93. The molecule has 0 amide bonds. The van der Waals surface area contributed by atoms with E-state index in [-0.39, 0.29) is 0 Å². The molecule has 0 saturated heterocycles. The van der Waals surface area contributed by atoms with Crippen LogP contribution in [0.5, 0.6) is 0 Å². The van der Waals surface area contributed by atoms with E-state index in [1.54, 1.807) is 0 Å². The fraction of sp³-hybridized carbons (Fsp3) is 0. The van der Waals surface area contributed by atoms with Crippen LogP contribution < -0.4 is 0 Å². The van der Waals surface area contributed by atoms with E-state index in [1.165, 1.54) is 87.6 Å². The molecule has 0 N–H and O–H groups in total. The molecule has 0 aliphatic carbocycles. The highest BCUT2D eigenvalue weighted by Crippen LogP contribution is 2.46. The fourth-order valence-electron chi connectivity index (χ4n) is 7.36. The van der Waals surface area contributed by atoms with Gasteiger partial charge >= 0.3 is 0 Å². The van der Waals surface area contributed by atoms with E-state index in [0.717, 1.165) is 0 Å². The second-order valence-electron chi connectivity index (χ2n) is 12.1. The third-order valence-corrected chi connectivity index (χ3v) is 9.44. The van der Waals surface area contributed by atoms with Crippen molar-refractivity contribution in [1.29, 1.82) is 0 Å². The Kier molecular flexibility index (Phi) is 6.25. The average Bonchev–Trinajstić information content (AvgIpc) is 3.14. The van der Waals surface area contributed by atoms with Crippen LogP contribution in [-0.4, -0.2) is 0 Å². The third kappa shape index (κ3) is 4.30. The minimum Gasteiger partial charge on any atom is -0.0622 e. The van der Waals surface area contributed by atoms with Crippen LogP contribution in [0, 0.1) is 0 Å². The van der Waals surface area contributed by atoms with E-state index in [4.69, 9.17) is 0 Å². The molecule has 0 unspecified atom stereocenters. The summed E-state index contributed by atoms with van der Waals surface area (Å²) < 4.78 is 0. The first-order chi connectivity index (χ1) is 22.8. The number of benzene rings is 9. The van der Waals surface area contributed by atoms with Gasteiger partial charge in [0.2, 0.25) is 0 Å². The van der Waals surface area contributed by atoms with Gasteiger partial charge < -0.3 is 0 Å². The number of hydrogen-bond donors (Lipinski definition) is 0. The summed E-state index contributed by atoms with van der Waals surface area (Å²) in [6, 6.07) is 66.6. The van der Waals surface area contributed by atoms with Crippen LogP contribution in [0.25, 0.3) is 87.6 Å². The van der Waals surface area contributed by atoms with Gasteiger partial charge in [0.1, 0.15) is 0 Å². The van der Waals surface area contributed by atoms with Crippen molar-refractivity contribution >= 4 is 43.1 Å². The summed E-state index contributed by atoms with van der Waals surface area (Å²) in [6.07, 6.45) is 0. The van der Waals surface area contributed by atoms with Crippen molar-refractivity contribution in [3.8, 4) is 44.5 Å². The minimum absolute atomic E-state index is 1.22. The largest absolute Gasteiger partial charge is 0.0622 e. The predicted molar refractivity (Wildman–Crippen MR) is 198 cm³/mol. The van der Waals surface area contributed by atoms with Crippen LogP contribution >= 0.6 is 0 Å². The zero-order valence-electron chi connectivity index (χ0n) is 25.3. The first-order valence-corrected chi connectivity index (χ1v) is 15.9. The predicted octanol–water partition coefficient (Wildman–Crippen LogP) is 13.0. The molecule has 0 atom stereocenters. The van der Waals surface area contributed by atoms with Gasteiger partial charge in [0.25, 0.3) is 0 Å². The monoisotopic (exact) mass is 582 g/mol. The van der Waals surface area contributed by atoms with Gasteiger partial charge in [-0.3, -0.25) is 0 Å². The van der Waals surface area contributed by atoms with Crippen LogP contribution in [0.4, 0.5) is 0 Å². The standard InChI is InChI=1S/C46H30/c1-2-15-33(16-3-1)45-44-30-35(40-26-12-18-32-14-5-7-22-38(32)40)27-28-42(44)41-23-8-9-24-43(41)46(45)36-20-10-19-34(29-36)39-25-11-17-31-13-4-6-21-37(31)39/h1-30H. The molecule has 0 aliphatic heterocycles. The molecule has 0 saturated carbocycles. The maximum Gasteiger partial charge on any atom is -0.00201 e. The Balaban J connectivity index is 1.38. The van der Waals surface area contributed by atoms with Gasteiger partial charge in [-0.1, -0.05) is 170 Å². The molecule has 0 heterocycles. The smallest absolute Gasteiger partial charge is 0.00201 e. The lowest BCUT2D eigenvalue weighted by molar-refractivity contribution is 1.61.